The zero-order valence-electron chi connectivity index (χ0n) is 14.1. The number of aromatic nitrogens is 3. The number of amides is 1. The molecule has 4 rings (SSSR count). The molecule has 2 aromatic heterocycles. The molecular weight excluding hydrogens is 338 g/mol. The van der Waals surface area contributed by atoms with Crippen LogP contribution in [0.15, 0.2) is 29.8 Å². The summed E-state index contributed by atoms with van der Waals surface area (Å²) in [6.07, 6.45) is 2.73. The second-order valence-corrected chi connectivity index (χ2v) is 6.96. The smallest absolute Gasteiger partial charge is 0.251 e. The van der Waals surface area contributed by atoms with Crippen molar-refractivity contribution < 1.29 is 9.53 Å². The van der Waals surface area contributed by atoms with Gasteiger partial charge in [-0.25, -0.2) is 9.67 Å². The third kappa shape index (κ3) is 2.93. The number of methoxy groups -OCH3 is 1. The van der Waals surface area contributed by atoms with Crippen LogP contribution in [0, 0.1) is 0 Å². The topological polar surface area (TPSA) is 72.3 Å². The maximum atomic E-state index is 12.6. The summed E-state index contributed by atoms with van der Waals surface area (Å²) in [5.74, 6) is 0.620. The fourth-order valence-corrected chi connectivity index (χ4v) is 3.93. The van der Waals surface area contributed by atoms with Gasteiger partial charge in [0.05, 0.1) is 18.0 Å². The monoisotopic (exact) mass is 357 g/mol. The molecule has 1 aromatic carbocycles. The van der Waals surface area contributed by atoms with E-state index in [9.17, 15) is 4.79 Å². The Balaban J connectivity index is 1.47. The number of nitrogens with zero attached hydrogens (tertiary/aromatic N) is 4. The fraction of sp³-hybridized carbons (Fsp3) is 0.353. The van der Waals surface area contributed by atoms with Gasteiger partial charge in [0.25, 0.3) is 5.91 Å². The van der Waals surface area contributed by atoms with Crippen molar-refractivity contribution in [2.75, 3.05) is 25.1 Å². The van der Waals surface area contributed by atoms with Crippen molar-refractivity contribution in [2.24, 2.45) is 7.05 Å². The molecular formula is C17H19N5O2S. The first-order valence-corrected chi connectivity index (χ1v) is 8.99. The predicted octanol–water partition coefficient (Wildman–Crippen LogP) is 2.05. The highest BCUT2D eigenvalue weighted by molar-refractivity contribution is 7.13. The number of carbonyl (C=O) groups excluding carboxylic acids is 1. The molecule has 1 aliphatic rings. The Morgan fingerprint density at radius 1 is 1.44 bits per heavy atom. The van der Waals surface area contributed by atoms with Crippen LogP contribution in [-0.4, -0.2) is 46.9 Å². The number of anilines is 1. The maximum Gasteiger partial charge on any atom is 0.251 e. The number of benzene rings is 1. The summed E-state index contributed by atoms with van der Waals surface area (Å²) in [6, 6.07) is 5.63. The lowest BCUT2D eigenvalue weighted by Gasteiger charge is -2.15. The molecule has 0 aliphatic carbocycles. The Hall–Kier alpha value is -2.61. The van der Waals surface area contributed by atoms with E-state index in [1.165, 1.54) is 0 Å². The zero-order chi connectivity index (χ0) is 17.4. The minimum Gasteiger partial charge on any atom is -0.481 e. The molecule has 1 aliphatic heterocycles. The largest absolute Gasteiger partial charge is 0.481 e. The van der Waals surface area contributed by atoms with Crippen molar-refractivity contribution in [1.82, 2.24) is 20.1 Å². The van der Waals surface area contributed by atoms with Crippen LogP contribution in [0.3, 0.4) is 0 Å². The number of nitrogens with one attached hydrogen (secondary N) is 1. The number of thiazole rings is 1. The number of hydrogen-bond donors (Lipinski definition) is 1. The number of rotatable bonds is 4. The van der Waals surface area contributed by atoms with Crippen molar-refractivity contribution in [3.8, 4) is 5.88 Å². The van der Waals surface area contributed by atoms with E-state index >= 15 is 0 Å². The number of ether oxygens (including phenoxy) is 1. The van der Waals surface area contributed by atoms with Gasteiger partial charge in [0.2, 0.25) is 5.88 Å². The molecule has 1 amide bonds. The Morgan fingerprint density at radius 3 is 3.08 bits per heavy atom. The van der Waals surface area contributed by atoms with Gasteiger partial charge in [-0.3, -0.25) is 4.79 Å². The molecule has 1 atom stereocenters. The first-order valence-electron chi connectivity index (χ1n) is 8.12. The summed E-state index contributed by atoms with van der Waals surface area (Å²) in [5.41, 5.74) is 1.36. The average molecular weight is 357 g/mol. The molecule has 3 aromatic rings. The van der Waals surface area contributed by atoms with Crippen LogP contribution in [0.1, 0.15) is 16.8 Å². The normalized spacial score (nSPS) is 17.2. The lowest BCUT2D eigenvalue weighted by Crippen LogP contribution is -2.37. The van der Waals surface area contributed by atoms with Gasteiger partial charge in [-0.05, 0) is 24.6 Å². The van der Waals surface area contributed by atoms with Gasteiger partial charge in [0.1, 0.15) is 0 Å². The highest BCUT2D eigenvalue weighted by Crippen LogP contribution is 2.26. The summed E-state index contributed by atoms with van der Waals surface area (Å²) in [6.45, 7) is 1.70. The molecule has 25 heavy (non-hydrogen) atoms. The molecule has 0 bridgehead atoms. The van der Waals surface area contributed by atoms with E-state index in [4.69, 9.17) is 4.74 Å². The molecule has 0 saturated carbocycles. The van der Waals surface area contributed by atoms with Gasteiger partial charge < -0.3 is 15.0 Å². The van der Waals surface area contributed by atoms with E-state index < -0.39 is 0 Å². The van der Waals surface area contributed by atoms with Gasteiger partial charge >= 0.3 is 0 Å². The number of fused-ring (bicyclic) bond motifs is 1. The number of carbonyl (C=O) groups is 1. The third-order valence-electron chi connectivity index (χ3n) is 4.45. The molecule has 0 spiro atoms. The molecule has 1 saturated heterocycles. The molecule has 1 unspecified atom stereocenters. The number of aryl methyl sites for hydroxylation is 1. The van der Waals surface area contributed by atoms with Crippen molar-refractivity contribution in [2.45, 2.75) is 12.5 Å². The molecule has 3 heterocycles. The zero-order valence-corrected chi connectivity index (χ0v) is 14.9. The van der Waals surface area contributed by atoms with E-state index in [2.05, 4.69) is 20.3 Å². The molecule has 1 N–H and O–H groups in total. The van der Waals surface area contributed by atoms with Gasteiger partial charge in [-0.15, -0.1) is 11.3 Å². The lowest BCUT2D eigenvalue weighted by molar-refractivity contribution is 0.0940. The van der Waals surface area contributed by atoms with E-state index in [1.807, 2.05) is 30.8 Å². The van der Waals surface area contributed by atoms with Crippen LogP contribution in [0.4, 0.5) is 5.13 Å². The van der Waals surface area contributed by atoms with Gasteiger partial charge in [-0.1, -0.05) is 0 Å². The first-order chi connectivity index (χ1) is 12.2. The summed E-state index contributed by atoms with van der Waals surface area (Å²) in [5, 5.41) is 11.4. The van der Waals surface area contributed by atoms with Crippen molar-refractivity contribution in [1.29, 1.82) is 0 Å². The minimum atomic E-state index is -0.0718. The Kier molecular flexibility index (Phi) is 4.04. The summed E-state index contributed by atoms with van der Waals surface area (Å²) in [4.78, 5) is 19.1. The van der Waals surface area contributed by atoms with Crippen LogP contribution in [0.25, 0.3) is 10.9 Å². The minimum absolute atomic E-state index is 0.0718. The fourth-order valence-electron chi connectivity index (χ4n) is 3.25. The molecule has 0 radical (unpaired) electrons. The molecule has 130 valence electrons. The first kappa shape index (κ1) is 15.9. The van der Waals surface area contributed by atoms with E-state index in [0.717, 1.165) is 35.5 Å². The summed E-state index contributed by atoms with van der Waals surface area (Å²) >= 11 is 1.62. The number of hydrogen-bond acceptors (Lipinski definition) is 6. The van der Waals surface area contributed by atoms with Crippen LogP contribution in [-0.2, 0) is 7.05 Å². The Labute approximate surface area is 149 Å². The van der Waals surface area contributed by atoms with Gasteiger partial charge in [-0.2, -0.15) is 5.10 Å². The third-order valence-corrected chi connectivity index (χ3v) is 5.28. The van der Waals surface area contributed by atoms with E-state index in [1.54, 1.807) is 29.2 Å². The summed E-state index contributed by atoms with van der Waals surface area (Å²) in [7, 11) is 3.44. The average Bonchev–Trinajstić information content (AvgIpc) is 3.32. The van der Waals surface area contributed by atoms with Crippen LogP contribution < -0.4 is 15.0 Å². The van der Waals surface area contributed by atoms with E-state index in [0.29, 0.717) is 11.4 Å². The highest BCUT2D eigenvalue weighted by atomic mass is 32.1. The van der Waals surface area contributed by atoms with E-state index in [-0.39, 0.29) is 11.9 Å². The van der Waals surface area contributed by atoms with Crippen molar-refractivity contribution >= 4 is 33.3 Å². The van der Waals surface area contributed by atoms with Crippen LogP contribution in [0.5, 0.6) is 5.88 Å². The standard InChI is InChI=1S/C17H19N5O2S/c1-21-16(24-2)13-4-3-11(9-14(13)20-21)15(23)19-12-5-7-22(10-12)17-18-6-8-25-17/h3-4,6,8-9,12H,5,7,10H2,1-2H3,(H,19,23). The Bertz CT molecular complexity index is 905. The van der Waals surface area contributed by atoms with Crippen molar-refractivity contribution in [3.05, 3.63) is 35.3 Å². The van der Waals surface area contributed by atoms with Crippen LogP contribution >= 0.6 is 11.3 Å². The second kappa shape index (κ2) is 6.36. The van der Waals surface area contributed by atoms with Crippen LogP contribution in [0.2, 0.25) is 0 Å². The molecule has 7 nitrogen and oxygen atoms in total. The van der Waals surface area contributed by atoms with Gasteiger partial charge in [0.15, 0.2) is 5.13 Å². The van der Waals surface area contributed by atoms with Gasteiger partial charge in [0, 0.05) is 43.3 Å². The molecule has 8 heteroatoms. The Morgan fingerprint density at radius 2 is 2.32 bits per heavy atom. The lowest BCUT2D eigenvalue weighted by atomic mass is 10.1. The predicted molar refractivity (Wildman–Crippen MR) is 97.5 cm³/mol. The highest BCUT2D eigenvalue weighted by Gasteiger charge is 2.25. The SMILES string of the molecule is COc1c2ccc(C(=O)NC3CCN(c4nccs4)C3)cc2nn1C. The maximum absolute atomic E-state index is 12.6. The van der Waals surface area contributed by atoms with Crippen molar-refractivity contribution in [3.63, 3.8) is 0 Å². The molecule has 1 fully saturated rings. The quantitative estimate of drug-likeness (QED) is 0.774. The second-order valence-electron chi connectivity index (χ2n) is 6.08. The summed E-state index contributed by atoms with van der Waals surface area (Å²) < 4.78 is 7.02.